The lowest BCUT2D eigenvalue weighted by atomic mass is 9.71. The molecule has 2 aliphatic carbocycles. The molecule has 0 aromatic carbocycles. The Labute approximate surface area is 121 Å². The van der Waals surface area contributed by atoms with Crippen molar-refractivity contribution in [3.63, 3.8) is 0 Å². The average Bonchev–Trinajstić information content (AvgIpc) is 2.39. The molecule has 19 heavy (non-hydrogen) atoms. The zero-order valence-corrected chi connectivity index (χ0v) is 13.6. The molecule has 0 bridgehead atoms. The van der Waals surface area contributed by atoms with Crippen LogP contribution < -0.4 is 0 Å². The van der Waals surface area contributed by atoms with Gasteiger partial charge in [-0.15, -0.1) is 0 Å². The van der Waals surface area contributed by atoms with Crippen LogP contribution >= 0.6 is 0 Å². The van der Waals surface area contributed by atoms with Crippen LogP contribution in [0.1, 0.15) is 79.1 Å². The highest BCUT2D eigenvalue weighted by Gasteiger charge is 2.27. The van der Waals surface area contributed by atoms with Crippen molar-refractivity contribution in [3.8, 4) is 0 Å². The van der Waals surface area contributed by atoms with Gasteiger partial charge in [-0.05, 0) is 61.7 Å². The number of hydrogen-bond donors (Lipinski definition) is 0. The van der Waals surface area contributed by atoms with E-state index < -0.39 is 0 Å². The van der Waals surface area contributed by atoms with Crippen LogP contribution in [-0.2, 0) is 0 Å². The minimum absolute atomic E-state index is 0.821. The van der Waals surface area contributed by atoms with Gasteiger partial charge in [0.25, 0.3) is 0 Å². The predicted molar refractivity (Wildman–Crippen MR) is 85.2 cm³/mol. The van der Waals surface area contributed by atoms with E-state index in [1.807, 2.05) is 5.57 Å². The lowest BCUT2D eigenvalue weighted by Crippen LogP contribution is -2.22. The monoisotopic (exact) mass is 262 g/mol. The summed E-state index contributed by atoms with van der Waals surface area (Å²) < 4.78 is 0. The molecule has 3 atom stereocenters. The summed E-state index contributed by atoms with van der Waals surface area (Å²) in [6.45, 7) is 9.76. The second-order valence-corrected chi connectivity index (χ2v) is 7.74. The molecule has 2 saturated carbocycles. The summed E-state index contributed by atoms with van der Waals surface area (Å²) in [5, 5.41) is 0. The fourth-order valence-corrected chi connectivity index (χ4v) is 4.39. The highest BCUT2D eigenvalue weighted by Crippen LogP contribution is 2.40. The molecule has 0 N–H and O–H groups in total. The van der Waals surface area contributed by atoms with Crippen molar-refractivity contribution < 1.29 is 0 Å². The first-order valence-electron chi connectivity index (χ1n) is 8.78. The largest absolute Gasteiger partial charge is 0.0819 e. The second kappa shape index (κ2) is 6.95. The molecule has 110 valence electrons. The Balaban J connectivity index is 2.04. The zero-order chi connectivity index (χ0) is 13.8. The lowest BCUT2D eigenvalue weighted by Gasteiger charge is -2.34. The van der Waals surface area contributed by atoms with Crippen molar-refractivity contribution in [2.24, 2.45) is 29.6 Å². The van der Waals surface area contributed by atoms with Crippen LogP contribution in [0.4, 0.5) is 0 Å². The summed E-state index contributed by atoms with van der Waals surface area (Å²) in [6, 6.07) is 0. The van der Waals surface area contributed by atoms with E-state index in [9.17, 15) is 0 Å². The van der Waals surface area contributed by atoms with Crippen LogP contribution in [0.5, 0.6) is 0 Å². The minimum Gasteiger partial charge on any atom is -0.0819 e. The van der Waals surface area contributed by atoms with Crippen molar-refractivity contribution in [2.75, 3.05) is 0 Å². The molecule has 0 aromatic rings. The molecular weight excluding hydrogens is 228 g/mol. The lowest BCUT2D eigenvalue weighted by molar-refractivity contribution is 0.282. The molecule has 0 radical (unpaired) electrons. The van der Waals surface area contributed by atoms with E-state index in [-0.39, 0.29) is 0 Å². The van der Waals surface area contributed by atoms with Gasteiger partial charge in [0, 0.05) is 0 Å². The van der Waals surface area contributed by atoms with Crippen molar-refractivity contribution in [2.45, 2.75) is 79.1 Å². The quantitative estimate of drug-likeness (QED) is 0.529. The standard InChI is InChI=1S/C19H34/c1-14(2)19-11-10-15(3)12-18(19)13-16(4)17-8-6-5-7-9-17/h13-17,19H,5-12H2,1-4H3/b18-13+/t15-,16+,19+/m1/s1. The highest BCUT2D eigenvalue weighted by atomic mass is 14.3. The third kappa shape index (κ3) is 4.10. The molecular formula is C19H34. The van der Waals surface area contributed by atoms with Gasteiger partial charge >= 0.3 is 0 Å². The average molecular weight is 262 g/mol. The van der Waals surface area contributed by atoms with Crippen LogP contribution in [0.3, 0.4) is 0 Å². The van der Waals surface area contributed by atoms with Crippen LogP contribution in [0, 0.1) is 29.6 Å². The van der Waals surface area contributed by atoms with Gasteiger partial charge in [-0.2, -0.15) is 0 Å². The Morgan fingerprint density at radius 1 is 0.947 bits per heavy atom. The van der Waals surface area contributed by atoms with E-state index in [0.29, 0.717) is 0 Å². The first-order chi connectivity index (χ1) is 9.08. The van der Waals surface area contributed by atoms with Crippen LogP contribution in [0.2, 0.25) is 0 Å². The van der Waals surface area contributed by atoms with Gasteiger partial charge in [0.05, 0.1) is 0 Å². The Morgan fingerprint density at radius 2 is 1.63 bits per heavy atom. The summed E-state index contributed by atoms with van der Waals surface area (Å²) in [5.74, 6) is 4.42. The van der Waals surface area contributed by atoms with Gasteiger partial charge < -0.3 is 0 Å². The van der Waals surface area contributed by atoms with E-state index in [1.54, 1.807) is 0 Å². The smallest absolute Gasteiger partial charge is 0.0180 e. The minimum atomic E-state index is 0.821. The molecule has 0 amide bonds. The topological polar surface area (TPSA) is 0 Å². The molecule has 0 aliphatic heterocycles. The summed E-state index contributed by atoms with van der Waals surface area (Å²) >= 11 is 0. The fourth-order valence-electron chi connectivity index (χ4n) is 4.39. The van der Waals surface area contributed by atoms with E-state index >= 15 is 0 Å². The van der Waals surface area contributed by atoms with Gasteiger partial charge in [-0.3, -0.25) is 0 Å². The van der Waals surface area contributed by atoms with E-state index in [0.717, 1.165) is 29.6 Å². The first-order valence-corrected chi connectivity index (χ1v) is 8.78. The summed E-state index contributed by atoms with van der Waals surface area (Å²) in [4.78, 5) is 0. The van der Waals surface area contributed by atoms with Crippen LogP contribution in [0.25, 0.3) is 0 Å². The van der Waals surface area contributed by atoms with Crippen molar-refractivity contribution in [1.82, 2.24) is 0 Å². The summed E-state index contributed by atoms with van der Waals surface area (Å²) in [6.07, 6.45) is 14.3. The Hall–Kier alpha value is -0.260. The Kier molecular flexibility index (Phi) is 5.54. The molecule has 2 rings (SSSR count). The van der Waals surface area contributed by atoms with Crippen molar-refractivity contribution >= 4 is 0 Å². The predicted octanol–water partition coefficient (Wildman–Crippen LogP) is 6.22. The van der Waals surface area contributed by atoms with E-state index in [1.165, 1.54) is 51.4 Å². The molecule has 0 nitrogen and oxygen atoms in total. The SMILES string of the molecule is CC(C)[C@@H]1CC[C@@H](C)C/C1=C\[C@H](C)C1CCCCC1. The van der Waals surface area contributed by atoms with Gasteiger partial charge in [-0.1, -0.05) is 58.6 Å². The molecule has 0 heterocycles. The maximum Gasteiger partial charge on any atom is -0.0180 e. The van der Waals surface area contributed by atoms with E-state index in [2.05, 4.69) is 33.8 Å². The third-order valence-electron chi connectivity index (χ3n) is 5.71. The summed E-state index contributed by atoms with van der Waals surface area (Å²) in [5.41, 5.74) is 1.81. The normalized spacial score (nSPS) is 33.8. The van der Waals surface area contributed by atoms with Gasteiger partial charge in [0.2, 0.25) is 0 Å². The third-order valence-corrected chi connectivity index (χ3v) is 5.71. The van der Waals surface area contributed by atoms with Crippen LogP contribution in [-0.4, -0.2) is 0 Å². The van der Waals surface area contributed by atoms with Crippen molar-refractivity contribution in [3.05, 3.63) is 11.6 Å². The van der Waals surface area contributed by atoms with Crippen molar-refractivity contribution in [1.29, 1.82) is 0 Å². The molecule has 0 heteroatoms. The molecule has 0 saturated heterocycles. The van der Waals surface area contributed by atoms with E-state index in [4.69, 9.17) is 0 Å². The number of allylic oxidation sites excluding steroid dienone is 2. The molecule has 2 fully saturated rings. The van der Waals surface area contributed by atoms with Gasteiger partial charge in [0.1, 0.15) is 0 Å². The Bertz CT molecular complexity index is 293. The maximum absolute atomic E-state index is 2.70. The highest BCUT2D eigenvalue weighted by molar-refractivity contribution is 5.13. The molecule has 0 unspecified atom stereocenters. The maximum atomic E-state index is 2.70. The van der Waals surface area contributed by atoms with Gasteiger partial charge in [-0.25, -0.2) is 0 Å². The van der Waals surface area contributed by atoms with Crippen LogP contribution in [0.15, 0.2) is 11.6 Å². The van der Waals surface area contributed by atoms with Gasteiger partial charge in [0.15, 0.2) is 0 Å². The molecule has 0 spiro atoms. The fraction of sp³-hybridized carbons (Fsp3) is 0.895. The molecule has 2 aliphatic rings. The summed E-state index contributed by atoms with van der Waals surface area (Å²) in [7, 11) is 0. The first kappa shape index (κ1) is 15.1. The zero-order valence-electron chi connectivity index (χ0n) is 13.6. The second-order valence-electron chi connectivity index (χ2n) is 7.74. The molecule has 0 aromatic heterocycles. The number of rotatable bonds is 3. The Morgan fingerprint density at radius 3 is 2.26 bits per heavy atom. The number of hydrogen-bond acceptors (Lipinski definition) is 0.